The molecule has 0 saturated carbocycles. The topological polar surface area (TPSA) is 141 Å². The number of ketones is 1. The Labute approximate surface area is 154 Å². The molecule has 0 atom stereocenters. The number of aromatic hydroxyl groups is 1. The second kappa shape index (κ2) is 11.1. The summed E-state index contributed by atoms with van der Waals surface area (Å²) in [6.45, 7) is 0.0386. The molecule has 0 spiro atoms. The zero-order chi connectivity index (χ0) is 20.2. The third-order valence-corrected chi connectivity index (χ3v) is 2.98. The average molecular weight is 374 g/mol. The van der Waals surface area contributed by atoms with Crippen LogP contribution in [0.4, 0.5) is 0 Å². The van der Waals surface area contributed by atoms with E-state index in [-0.39, 0.29) is 30.3 Å². The zero-order valence-corrected chi connectivity index (χ0v) is 14.1. The quantitative estimate of drug-likeness (QED) is 0.424. The van der Waals surface area contributed by atoms with E-state index >= 15 is 0 Å². The first-order chi connectivity index (χ1) is 12.8. The number of hydrogen-bond donors (Lipinski definition) is 4. The number of phenols is 1. The van der Waals surface area contributed by atoms with Crippen LogP contribution in [-0.2, 0) is 9.59 Å². The molecule has 8 heteroatoms. The Hall–Kier alpha value is -3.65. The maximum atomic E-state index is 12.2. The summed E-state index contributed by atoms with van der Waals surface area (Å²) in [6.07, 6.45) is 1.12. The molecule has 0 aromatic heterocycles. The molecule has 2 rings (SSSR count). The molecule has 8 nitrogen and oxygen atoms in total. The van der Waals surface area contributed by atoms with E-state index in [0.29, 0.717) is 23.5 Å². The van der Waals surface area contributed by atoms with Crippen molar-refractivity contribution in [1.82, 2.24) is 0 Å². The number of benzene rings is 2. The molecule has 0 aliphatic heterocycles. The first-order valence-corrected chi connectivity index (χ1v) is 7.65. The lowest BCUT2D eigenvalue weighted by atomic mass is 10.0. The largest absolute Gasteiger partial charge is 0.507 e. The second-order valence-corrected chi connectivity index (χ2v) is 4.96. The Balaban J connectivity index is 0.000000387. The van der Waals surface area contributed by atoms with Gasteiger partial charge >= 0.3 is 11.9 Å². The molecule has 0 heterocycles. The summed E-state index contributed by atoms with van der Waals surface area (Å²) >= 11 is 0. The highest BCUT2D eigenvalue weighted by Crippen LogP contribution is 2.25. The van der Waals surface area contributed by atoms with Crippen LogP contribution < -0.4 is 4.74 Å². The maximum Gasteiger partial charge on any atom is 0.328 e. The Morgan fingerprint density at radius 3 is 2.00 bits per heavy atom. The van der Waals surface area contributed by atoms with Crippen molar-refractivity contribution in [1.29, 1.82) is 0 Å². The summed E-state index contributed by atoms with van der Waals surface area (Å²) in [6, 6.07) is 13.2. The fourth-order valence-electron chi connectivity index (χ4n) is 1.84. The monoisotopic (exact) mass is 374 g/mol. The Bertz CT molecular complexity index is 796. The molecule has 2 aromatic carbocycles. The van der Waals surface area contributed by atoms with Crippen LogP contribution in [0.25, 0.3) is 0 Å². The van der Waals surface area contributed by atoms with Gasteiger partial charge in [0.1, 0.15) is 18.1 Å². The molecule has 0 amide bonds. The summed E-state index contributed by atoms with van der Waals surface area (Å²) in [4.78, 5) is 31.3. The number of hydrogen-bond acceptors (Lipinski definition) is 6. The van der Waals surface area contributed by atoms with E-state index in [1.54, 1.807) is 30.3 Å². The van der Waals surface area contributed by atoms with Crippen LogP contribution in [0.1, 0.15) is 15.9 Å². The molecule has 0 bridgehead atoms. The molecule has 0 fully saturated rings. The fourth-order valence-corrected chi connectivity index (χ4v) is 1.84. The van der Waals surface area contributed by atoms with Gasteiger partial charge in [-0.1, -0.05) is 30.3 Å². The van der Waals surface area contributed by atoms with E-state index < -0.39 is 11.9 Å². The van der Waals surface area contributed by atoms with E-state index in [9.17, 15) is 19.5 Å². The van der Waals surface area contributed by atoms with Crippen molar-refractivity contribution >= 4 is 17.7 Å². The summed E-state index contributed by atoms with van der Waals surface area (Å²) in [5.41, 5.74) is 0.740. The highest BCUT2D eigenvalue weighted by atomic mass is 16.5. The molecule has 0 saturated heterocycles. The minimum atomic E-state index is -1.26. The first kappa shape index (κ1) is 21.4. The van der Waals surface area contributed by atoms with Gasteiger partial charge in [0.25, 0.3) is 0 Å². The molecule has 2 aromatic rings. The standard InChI is InChI=1S/C15H14O4.C4H4O4/c16-8-9-19-12-6-7-13(14(17)10-12)15(18)11-4-2-1-3-5-11;5-3(6)1-2-4(7)8/h1-7,10,16-17H,8-9H2;1-2H,(H,5,6)(H,7,8)/b;2-1-. The van der Waals surface area contributed by atoms with Crippen LogP contribution in [0.5, 0.6) is 11.5 Å². The normalized spacial score (nSPS) is 9.96. The van der Waals surface area contributed by atoms with Gasteiger partial charge in [-0.2, -0.15) is 0 Å². The van der Waals surface area contributed by atoms with Crippen molar-refractivity contribution in [2.24, 2.45) is 0 Å². The number of aliphatic hydroxyl groups is 1. The van der Waals surface area contributed by atoms with Gasteiger partial charge in [0.15, 0.2) is 5.78 Å². The molecule has 0 unspecified atom stereocenters. The highest BCUT2D eigenvalue weighted by Gasteiger charge is 2.13. The minimum Gasteiger partial charge on any atom is -0.507 e. The predicted octanol–water partition coefficient (Wildman–Crippen LogP) is 1.71. The Kier molecular flexibility index (Phi) is 8.76. The third kappa shape index (κ3) is 7.84. The van der Waals surface area contributed by atoms with Gasteiger partial charge in [0, 0.05) is 23.8 Å². The first-order valence-electron chi connectivity index (χ1n) is 7.65. The lowest BCUT2D eigenvalue weighted by Crippen LogP contribution is -2.04. The van der Waals surface area contributed by atoms with Gasteiger partial charge in [-0.25, -0.2) is 9.59 Å². The number of carboxylic acids is 2. The van der Waals surface area contributed by atoms with Crippen LogP contribution in [0, 0.1) is 0 Å². The van der Waals surface area contributed by atoms with E-state index in [4.69, 9.17) is 20.1 Å². The number of ether oxygens (including phenoxy) is 1. The molecule has 0 radical (unpaired) electrons. The van der Waals surface area contributed by atoms with E-state index in [0.717, 1.165) is 0 Å². The van der Waals surface area contributed by atoms with Gasteiger partial charge < -0.3 is 25.2 Å². The zero-order valence-electron chi connectivity index (χ0n) is 14.1. The fraction of sp³-hybridized carbons (Fsp3) is 0.105. The van der Waals surface area contributed by atoms with E-state index in [1.165, 1.54) is 12.1 Å². The van der Waals surface area contributed by atoms with Gasteiger partial charge in [0.2, 0.25) is 0 Å². The summed E-state index contributed by atoms with van der Waals surface area (Å²) in [7, 11) is 0. The maximum absolute atomic E-state index is 12.2. The van der Waals surface area contributed by atoms with Gasteiger partial charge in [-0.05, 0) is 12.1 Å². The van der Waals surface area contributed by atoms with Crippen molar-refractivity contribution < 1.29 is 39.5 Å². The predicted molar refractivity (Wildman–Crippen MR) is 95.0 cm³/mol. The minimum absolute atomic E-state index is 0.106. The van der Waals surface area contributed by atoms with Crippen molar-refractivity contribution in [3.8, 4) is 11.5 Å². The molecule has 27 heavy (non-hydrogen) atoms. The van der Waals surface area contributed by atoms with Crippen molar-refractivity contribution in [3.63, 3.8) is 0 Å². The van der Waals surface area contributed by atoms with Crippen LogP contribution in [-0.4, -0.2) is 51.4 Å². The number of aliphatic hydroxyl groups excluding tert-OH is 1. The van der Waals surface area contributed by atoms with Crippen molar-refractivity contribution in [2.45, 2.75) is 0 Å². The average Bonchev–Trinajstić information content (AvgIpc) is 2.65. The van der Waals surface area contributed by atoms with Crippen LogP contribution in [0.2, 0.25) is 0 Å². The number of carbonyl (C=O) groups is 3. The Morgan fingerprint density at radius 2 is 1.52 bits per heavy atom. The highest BCUT2D eigenvalue weighted by molar-refractivity contribution is 6.10. The molecule has 0 aliphatic carbocycles. The summed E-state index contributed by atoms with van der Waals surface area (Å²) < 4.78 is 5.16. The molecular formula is C19H18O8. The second-order valence-electron chi connectivity index (χ2n) is 4.96. The van der Waals surface area contributed by atoms with Gasteiger partial charge in [-0.15, -0.1) is 0 Å². The van der Waals surface area contributed by atoms with Gasteiger partial charge in [0.05, 0.1) is 12.2 Å². The van der Waals surface area contributed by atoms with Crippen LogP contribution >= 0.6 is 0 Å². The molecule has 142 valence electrons. The summed E-state index contributed by atoms with van der Waals surface area (Å²) in [5.74, 6) is -2.48. The molecule has 0 aliphatic rings. The number of phenolic OH excluding ortho intramolecular Hbond substituents is 1. The smallest absolute Gasteiger partial charge is 0.328 e. The summed E-state index contributed by atoms with van der Waals surface area (Å²) in [5, 5.41) is 34.1. The van der Waals surface area contributed by atoms with Crippen molar-refractivity contribution in [2.75, 3.05) is 13.2 Å². The SMILES string of the molecule is O=C(O)/C=C\C(=O)O.O=C(c1ccccc1)c1ccc(OCCO)cc1O. The lowest BCUT2D eigenvalue weighted by molar-refractivity contribution is -0.134. The number of aliphatic carboxylic acids is 2. The van der Waals surface area contributed by atoms with Crippen molar-refractivity contribution in [3.05, 3.63) is 71.8 Å². The Morgan fingerprint density at radius 1 is 0.926 bits per heavy atom. The van der Waals surface area contributed by atoms with E-state index in [2.05, 4.69) is 0 Å². The third-order valence-electron chi connectivity index (χ3n) is 2.98. The van der Waals surface area contributed by atoms with Crippen LogP contribution in [0.3, 0.4) is 0 Å². The van der Waals surface area contributed by atoms with Gasteiger partial charge in [-0.3, -0.25) is 4.79 Å². The molecule has 4 N–H and O–H groups in total. The van der Waals surface area contributed by atoms with Crippen LogP contribution in [0.15, 0.2) is 60.7 Å². The molecular weight excluding hydrogens is 356 g/mol. The number of rotatable bonds is 7. The van der Waals surface area contributed by atoms with E-state index in [1.807, 2.05) is 6.07 Å². The number of carbonyl (C=O) groups excluding carboxylic acids is 1. The number of carboxylic acid groups (broad SMARTS) is 2. The lowest BCUT2D eigenvalue weighted by Gasteiger charge is -2.08.